The van der Waals surface area contributed by atoms with Crippen LogP contribution in [0.2, 0.25) is 5.02 Å². The molecule has 3 N–H and O–H groups in total. The number of urea groups is 1. The third kappa shape index (κ3) is 5.39. The average molecular weight is 401 g/mol. The molecule has 7 heteroatoms. The zero-order valence-electron chi connectivity index (χ0n) is 16.0. The lowest BCUT2D eigenvalue weighted by Gasteiger charge is -2.27. The van der Waals surface area contributed by atoms with E-state index in [0.29, 0.717) is 22.8 Å². The molecule has 148 valence electrons. The second kappa shape index (κ2) is 8.97. The van der Waals surface area contributed by atoms with E-state index in [-0.39, 0.29) is 24.0 Å². The van der Waals surface area contributed by atoms with E-state index in [4.69, 9.17) is 11.6 Å². The van der Waals surface area contributed by atoms with Crippen LogP contribution in [0.15, 0.2) is 48.5 Å². The molecule has 2 aromatic carbocycles. The number of halogens is 1. The van der Waals surface area contributed by atoms with Crippen molar-refractivity contribution in [3.63, 3.8) is 0 Å². The van der Waals surface area contributed by atoms with Crippen LogP contribution in [0.3, 0.4) is 0 Å². The van der Waals surface area contributed by atoms with Gasteiger partial charge in [-0.3, -0.25) is 4.79 Å². The van der Waals surface area contributed by atoms with Gasteiger partial charge in [-0.25, -0.2) is 4.79 Å². The molecule has 2 aromatic rings. The second-order valence-electron chi connectivity index (χ2n) is 7.07. The molecule has 0 bridgehead atoms. The van der Waals surface area contributed by atoms with Gasteiger partial charge in [0.2, 0.25) is 0 Å². The molecule has 1 fully saturated rings. The number of nitrogens with one attached hydrogen (secondary N) is 3. The fraction of sp³-hybridized carbons (Fsp3) is 0.333. The van der Waals surface area contributed by atoms with Gasteiger partial charge in [-0.2, -0.15) is 0 Å². The SMILES string of the molecule is CC(CNC(=O)Nc1ccc(Cl)c(C(=O)NC2CC2)c1)N(C)c1ccccc1. The van der Waals surface area contributed by atoms with Crippen LogP contribution in [-0.2, 0) is 0 Å². The van der Waals surface area contributed by atoms with E-state index >= 15 is 0 Å². The number of para-hydroxylation sites is 1. The van der Waals surface area contributed by atoms with Crippen molar-refractivity contribution in [1.29, 1.82) is 0 Å². The summed E-state index contributed by atoms with van der Waals surface area (Å²) in [5.74, 6) is -0.213. The van der Waals surface area contributed by atoms with E-state index in [0.717, 1.165) is 18.5 Å². The van der Waals surface area contributed by atoms with Crippen molar-refractivity contribution in [3.8, 4) is 0 Å². The summed E-state index contributed by atoms with van der Waals surface area (Å²) in [5.41, 5.74) is 1.97. The minimum absolute atomic E-state index is 0.109. The molecular formula is C21H25ClN4O2. The fourth-order valence-electron chi connectivity index (χ4n) is 2.74. The minimum atomic E-state index is -0.329. The molecule has 0 aliphatic heterocycles. The number of hydrogen-bond donors (Lipinski definition) is 3. The third-order valence-corrected chi connectivity index (χ3v) is 5.09. The Bertz CT molecular complexity index is 840. The first-order valence-corrected chi connectivity index (χ1v) is 9.75. The Balaban J connectivity index is 1.53. The highest BCUT2D eigenvalue weighted by molar-refractivity contribution is 6.34. The Morgan fingerprint density at radius 1 is 1.18 bits per heavy atom. The molecule has 1 unspecified atom stereocenters. The Morgan fingerprint density at radius 2 is 1.89 bits per heavy atom. The summed E-state index contributed by atoms with van der Waals surface area (Å²) < 4.78 is 0. The smallest absolute Gasteiger partial charge is 0.319 e. The summed E-state index contributed by atoms with van der Waals surface area (Å²) in [5, 5.41) is 8.89. The molecule has 1 saturated carbocycles. The Kier molecular flexibility index (Phi) is 6.41. The second-order valence-corrected chi connectivity index (χ2v) is 7.48. The number of rotatable bonds is 7. The fourth-order valence-corrected chi connectivity index (χ4v) is 2.94. The molecule has 28 heavy (non-hydrogen) atoms. The van der Waals surface area contributed by atoms with Gasteiger partial charge in [-0.1, -0.05) is 29.8 Å². The number of benzene rings is 2. The molecule has 0 saturated heterocycles. The summed E-state index contributed by atoms with van der Waals surface area (Å²) in [7, 11) is 1.99. The van der Waals surface area contributed by atoms with Crippen LogP contribution in [-0.4, -0.2) is 37.6 Å². The minimum Gasteiger partial charge on any atom is -0.370 e. The van der Waals surface area contributed by atoms with Gasteiger partial charge in [0.05, 0.1) is 10.6 Å². The third-order valence-electron chi connectivity index (χ3n) is 4.76. The van der Waals surface area contributed by atoms with E-state index in [1.165, 1.54) is 0 Å². The van der Waals surface area contributed by atoms with E-state index in [1.54, 1.807) is 18.2 Å². The summed E-state index contributed by atoms with van der Waals surface area (Å²) in [6, 6.07) is 14.9. The maximum Gasteiger partial charge on any atom is 0.319 e. The molecule has 0 heterocycles. The summed E-state index contributed by atoms with van der Waals surface area (Å²) in [6.45, 7) is 2.51. The predicted octanol–water partition coefficient (Wildman–Crippen LogP) is 3.88. The molecule has 1 aliphatic carbocycles. The molecule has 3 amide bonds. The lowest BCUT2D eigenvalue weighted by molar-refractivity contribution is 0.0951. The number of hydrogen-bond acceptors (Lipinski definition) is 3. The molecule has 0 aromatic heterocycles. The number of nitrogens with zero attached hydrogens (tertiary/aromatic N) is 1. The molecule has 1 aliphatic rings. The lowest BCUT2D eigenvalue weighted by Crippen LogP contribution is -2.41. The van der Waals surface area contributed by atoms with Crippen molar-refractivity contribution in [2.45, 2.75) is 31.8 Å². The number of anilines is 2. The Labute approximate surface area is 170 Å². The molecule has 1 atom stereocenters. The van der Waals surface area contributed by atoms with Crippen LogP contribution in [0.1, 0.15) is 30.1 Å². The van der Waals surface area contributed by atoms with Crippen molar-refractivity contribution in [2.75, 3.05) is 23.8 Å². The zero-order valence-corrected chi connectivity index (χ0v) is 16.8. The zero-order chi connectivity index (χ0) is 20.1. The quantitative estimate of drug-likeness (QED) is 0.660. The summed E-state index contributed by atoms with van der Waals surface area (Å²) in [6.07, 6.45) is 2.00. The Morgan fingerprint density at radius 3 is 2.57 bits per heavy atom. The van der Waals surface area contributed by atoms with Gasteiger partial charge in [0.15, 0.2) is 0 Å². The van der Waals surface area contributed by atoms with Crippen LogP contribution in [0.4, 0.5) is 16.2 Å². The van der Waals surface area contributed by atoms with Gasteiger partial charge in [0.25, 0.3) is 5.91 Å². The highest BCUT2D eigenvalue weighted by Gasteiger charge is 2.25. The van der Waals surface area contributed by atoms with Crippen molar-refractivity contribution >= 4 is 34.9 Å². The maximum atomic E-state index is 12.3. The van der Waals surface area contributed by atoms with Crippen LogP contribution < -0.4 is 20.9 Å². The first-order chi connectivity index (χ1) is 13.4. The van der Waals surface area contributed by atoms with Gasteiger partial charge in [0.1, 0.15) is 0 Å². The molecule has 0 radical (unpaired) electrons. The van der Waals surface area contributed by atoms with Crippen molar-refractivity contribution in [2.24, 2.45) is 0 Å². The van der Waals surface area contributed by atoms with E-state index in [9.17, 15) is 9.59 Å². The molecular weight excluding hydrogens is 376 g/mol. The standard InChI is InChI=1S/C21H25ClN4O2/c1-14(26(2)17-6-4-3-5-7-17)13-23-21(28)25-16-10-11-19(22)18(12-16)20(27)24-15-8-9-15/h3-7,10-12,14-15H,8-9,13H2,1-2H3,(H,24,27)(H2,23,25,28). The van der Waals surface area contributed by atoms with Crippen molar-refractivity contribution < 1.29 is 9.59 Å². The largest absolute Gasteiger partial charge is 0.370 e. The van der Waals surface area contributed by atoms with E-state index in [2.05, 4.69) is 20.9 Å². The van der Waals surface area contributed by atoms with Crippen molar-refractivity contribution in [3.05, 3.63) is 59.1 Å². The number of amides is 3. The molecule has 0 spiro atoms. The van der Waals surface area contributed by atoms with Gasteiger partial charge in [-0.05, 0) is 50.1 Å². The predicted molar refractivity (Wildman–Crippen MR) is 113 cm³/mol. The van der Waals surface area contributed by atoms with Crippen molar-refractivity contribution in [1.82, 2.24) is 10.6 Å². The highest BCUT2D eigenvalue weighted by Crippen LogP contribution is 2.24. The van der Waals surface area contributed by atoms with Crippen LogP contribution in [0, 0.1) is 0 Å². The van der Waals surface area contributed by atoms with E-state index in [1.807, 2.05) is 44.3 Å². The summed E-state index contributed by atoms with van der Waals surface area (Å²) >= 11 is 6.13. The molecule has 6 nitrogen and oxygen atoms in total. The van der Waals surface area contributed by atoms with Crippen LogP contribution >= 0.6 is 11.6 Å². The van der Waals surface area contributed by atoms with Crippen LogP contribution in [0.5, 0.6) is 0 Å². The maximum absolute atomic E-state index is 12.3. The summed E-state index contributed by atoms with van der Waals surface area (Å²) in [4.78, 5) is 26.6. The monoisotopic (exact) mass is 400 g/mol. The van der Waals surface area contributed by atoms with Gasteiger partial charge >= 0.3 is 6.03 Å². The van der Waals surface area contributed by atoms with E-state index < -0.39 is 0 Å². The normalized spacial score (nSPS) is 14.1. The average Bonchev–Trinajstić information content (AvgIpc) is 3.51. The van der Waals surface area contributed by atoms with Crippen LogP contribution in [0.25, 0.3) is 0 Å². The van der Waals surface area contributed by atoms with Gasteiger partial charge in [0, 0.05) is 37.1 Å². The number of carbonyl (C=O) groups excluding carboxylic acids is 2. The lowest BCUT2D eigenvalue weighted by atomic mass is 10.2. The van der Waals surface area contributed by atoms with Gasteiger partial charge < -0.3 is 20.9 Å². The number of carbonyl (C=O) groups is 2. The number of likely N-dealkylation sites (N-methyl/N-ethyl adjacent to an activating group) is 1. The first kappa shape index (κ1) is 20.0. The Hall–Kier alpha value is -2.73. The molecule has 3 rings (SSSR count). The van der Waals surface area contributed by atoms with Gasteiger partial charge in [-0.15, -0.1) is 0 Å². The first-order valence-electron chi connectivity index (χ1n) is 9.37. The highest BCUT2D eigenvalue weighted by atomic mass is 35.5. The topological polar surface area (TPSA) is 73.5 Å².